The van der Waals surface area contributed by atoms with Crippen molar-refractivity contribution in [3.05, 3.63) is 29.3 Å². The van der Waals surface area contributed by atoms with Crippen LogP contribution < -0.4 is 4.74 Å². The lowest BCUT2D eigenvalue weighted by atomic mass is 9.54. The van der Waals surface area contributed by atoms with Crippen molar-refractivity contribution in [2.45, 2.75) is 64.9 Å². The van der Waals surface area contributed by atoms with Gasteiger partial charge >= 0.3 is 11.9 Å². The Kier molecular flexibility index (Phi) is 5.13. The number of aryl methyl sites for hydroxylation is 1. The van der Waals surface area contributed by atoms with Crippen LogP contribution >= 0.6 is 0 Å². The molecule has 6 heteroatoms. The zero-order valence-electron chi connectivity index (χ0n) is 17.6. The van der Waals surface area contributed by atoms with Gasteiger partial charge in [0.1, 0.15) is 19.0 Å². The first-order valence-electron chi connectivity index (χ1n) is 10.4. The highest BCUT2D eigenvalue weighted by Crippen LogP contribution is 2.60. The molecule has 4 rings (SSSR count). The van der Waals surface area contributed by atoms with Crippen LogP contribution in [0.5, 0.6) is 5.75 Å². The highest BCUT2D eigenvalue weighted by molar-refractivity contribution is 5.92. The number of hydrogen-bond donors (Lipinski definition) is 0. The minimum atomic E-state index is -0.319. The molecule has 0 bridgehead atoms. The maximum atomic E-state index is 11.9. The van der Waals surface area contributed by atoms with E-state index in [0.717, 1.165) is 37.8 Å². The molecule has 3 aliphatic rings. The van der Waals surface area contributed by atoms with E-state index in [1.54, 1.807) is 7.11 Å². The van der Waals surface area contributed by atoms with Gasteiger partial charge in [-0.15, -0.1) is 0 Å². The standard InChI is InChI=1S/C23H29NO5/c1-13(25)28-16-6-8-17-15(11-16)5-7-18-19-9-10-21(24-27-4)23(19,3)12-20(22(17)18)29-14(2)26/h6,8,11,18-20,22H,5,7,9-10,12H2,1-4H3/b24-21-/t18-,19-,20-,22+,23-/m0/s1. The second-order valence-electron chi connectivity index (χ2n) is 8.82. The quantitative estimate of drug-likeness (QED) is 0.436. The molecular formula is C23H29NO5. The summed E-state index contributed by atoms with van der Waals surface area (Å²) < 4.78 is 11.2. The molecule has 5 atom stereocenters. The van der Waals surface area contributed by atoms with Gasteiger partial charge in [-0.25, -0.2) is 0 Å². The highest BCUT2D eigenvalue weighted by atomic mass is 16.6. The van der Waals surface area contributed by atoms with Crippen molar-refractivity contribution in [3.8, 4) is 5.75 Å². The molecule has 0 saturated heterocycles. The Bertz CT molecular complexity index is 863. The van der Waals surface area contributed by atoms with E-state index < -0.39 is 0 Å². The molecule has 156 valence electrons. The predicted molar refractivity (Wildman–Crippen MR) is 108 cm³/mol. The third-order valence-corrected chi connectivity index (χ3v) is 7.17. The van der Waals surface area contributed by atoms with Crippen LogP contribution in [0.2, 0.25) is 0 Å². The molecule has 0 aromatic heterocycles. The summed E-state index contributed by atoms with van der Waals surface area (Å²) in [6.07, 6.45) is 4.54. The fourth-order valence-electron chi connectivity index (χ4n) is 6.21. The van der Waals surface area contributed by atoms with Gasteiger partial charge in [-0.2, -0.15) is 0 Å². The van der Waals surface area contributed by atoms with Crippen LogP contribution in [0.25, 0.3) is 0 Å². The van der Waals surface area contributed by atoms with Gasteiger partial charge in [0, 0.05) is 25.2 Å². The summed E-state index contributed by atoms with van der Waals surface area (Å²) in [5, 5.41) is 4.34. The van der Waals surface area contributed by atoms with Crippen molar-refractivity contribution >= 4 is 17.7 Å². The maximum absolute atomic E-state index is 11.9. The number of carbonyl (C=O) groups is 2. The predicted octanol–water partition coefficient (Wildman–Crippen LogP) is 4.01. The Morgan fingerprint density at radius 3 is 2.62 bits per heavy atom. The van der Waals surface area contributed by atoms with E-state index in [-0.39, 0.29) is 29.4 Å². The number of esters is 2. The molecule has 0 N–H and O–H groups in total. The van der Waals surface area contributed by atoms with E-state index in [1.165, 1.54) is 25.0 Å². The van der Waals surface area contributed by atoms with Crippen LogP contribution in [0.1, 0.15) is 63.5 Å². The molecule has 0 amide bonds. The Hall–Kier alpha value is -2.37. The topological polar surface area (TPSA) is 74.2 Å². The van der Waals surface area contributed by atoms with Crippen molar-refractivity contribution in [2.75, 3.05) is 7.11 Å². The molecule has 0 aliphatic heterocycles. The van der Waals surface area contributed by atoms with Gasteiger partial charge in [0.15, 0.2) is 0 Å². The summed E-state index contributed by atoms with van der Waals surface area (Å²) in [6, 6.07) is 5.88. The van der Waals surface area contributed by atoms with Gasteiger partial charge in [-0.1, -0.05) is 18.1 Å². The first kappa shape index (κ1) is 19.9. The number of ether oxygens (including phenoxy) is 2. The van der Waals surface area contributed by atoms with Crippen LogP contribution in [0, 0.1) is 17.3 Å². The molecule has 1 aromatic rings. The van der Waals surface area contributed by atoms with Gasteiger partial charge < -0.3 is 14.3 Å². The van der Waals surface area contributed by atoms with E-state index in [2.05, 4.69) is 18.1 Å². The van der Waals surface area contributed by atoms with E-state index >= 15 is 0 Å². The molecule has 0 heterocycles. The van der Waals surface area contributed by atoms with Gasteiger partial charge in [-0.05, 0) is 67.2 Å². The molecule has 2 fully saturated rings. The van der Waals surface area contributed by atoms with Crippen LogP contribution in [0.3, 0.4) is 0 Å². The molecule has 0 radical (unpaired) electrons. The number of benzene rings is 1. The average molecular weight is 399 g/mol. The number of rotatable bonds is 3. The second-order valence-corrected chi connectivity index (χ2v) is 8.82. The number of fused-ring (bicyclic) bond motifs is 5. The SMILES string of the molecule is CO/N=C1/CC[C@H]2[C@@H]3CCc4cc(OC(C)=O)ccc4[C@H]3[C@@H](OC(C)=O)C[C@]12C. The third kappa shape index (κ3) is 3.43. The summed E-state index contributed by atoms with van der Waals surface area (Å²) in [7, 11) is 1.59. The number of hydrogen-bond acceptors (Lipinski definition) is 6. The second kappa shape index (κ2) is 7.47. The first-order chi connectivity index (χ1) is 13.8. The van der Waals surface area contributed by atoms with Crippen LogP contribution in [-0.2, 0) is 25.6 Å². The molecule has 29 heavy (non-hydrogen) atoms. The minimum Gasteiger partial charge on any atom is -0.462 e. The Morgan fingerprint density at radius 1 is 1.14 bits per heavy atom. The Labute approximate surface area is 171 Å². The number of carbonyl (C=O) groups excluding carboxylic acids is 2. The zero-order chi connectivity index (χ0) is 20.8. The average Bonchev–Trinajstić information content (AvgIpc) is 2.96. The van der Waals surface area contributed by atoms with Crippen LogP contribution in [0.4, 0.5) is 0 Å². The van der Waals surface area contributed by atoms with Crippen molar-refractivity contribution in [2.24, 2.45) is 22.4 Å². The largest absolute Gasteiger partial charge is 0.462 e. The maximum Gasteiger partial charge on any atom is 0.308 e. The normalized spacial score (nSPS) is 34.0. The fourth-order valence-corrected chi connectivity index (χ4v) is 6.21. The van der Waals surface area contributed by atoms with Crippen molar-refractivity contribution in [1.29, 1.82) is 0 Å². The molecule has 1 aromatic carbocycles. The smallest absolute Gasteiger partial charge is 0.308 e. The summed E-state index contributed by atoms with van der Waals surface area (Å²) in [6.45, 7) is 5.15. The lowest BCUT2D eigenvalue weighted by Gasteiger charge is -2.52. The highest BCUT2D eigenvalue weighted by Gasteiger charge is 2.58. The van der Waals surface area contributed by atoms with Gasteiger partial charge in [0.2, 0.25) is 0 Å². The molecule has 0 spiro atoms. The van der Waals surface area contributed by atoms with Crippen LogP contribution in [0.15, 0.2) is 23.4 Å². The first-order valence-corrected chi connectivity index (χ1v) is 10.4. The lowest BCUT2D eigenvalue weighted by Crippen LogP contribution is -2.50. The Balaban J connectivity index is 1.73. The third-order valence-electron chi connectivity index (χ3n) is 7.17. The summed E-state index contributed by atoms with van der Waals surface area (Å²) in [5.41, 5.74) is 3.40. The molecule has 6 nitrogen and oxygen atoms in total. The molecule has 2 saturated carbocycles. The molecular weight excluding hydrogens is 370 g/mol. The summed E-state index contributed by atoms with van der Waals surface area (Å²) in [4.78, 5) is 28.4. The van der Waals surface area contributed by atoms with E-state index in [0.29, 0.717) is 17.6 Å². The van der Waals surface area contributed by atoms with Crippen molar-refractivity contribution < 1.29 is 23.9 Å². The van der Waals surface area contributed by atoms with E-state index in [1.807, 2.05) is 12.1 Å². The number of oxime groups is 1. The minimum absolute atomic E-state index is 0.105. The van der Waals surface area contributed by atoms with Gasteiger partial charge in [-0.3, -0.25) is 9.59 Å². The van der Waals surface area contributed by atoms with E-state index in [9.17, 15) is 9.59 Å². The zero-order valence-corrected chi connectivity index (χ0v) is 17.6. The summed E-state index contributed by atoms with van der Waals surface area (Å²) >= 11 is 0. The van der Waals surface area contributed by atoms with E-state index in [4.69, 9.17) is 14.3 Å². The summed E-state index contributed by atoms with van der Waals surface area (Å²) in [5.74, 6) is 1.09. The van der Waals surface area contributed by atoms with Gasteiger partial charge in [0.05, 0.1) is 5.71 Å². The van der Waals surface area contributed by atoms with Crippen molar-refractivity contribution in [1.82, 2.24) is 0 Å². The lowest BCUT2D eigenvalue weighted by molar-refractivity contribution is -0.154. The van der Waals surface area contributed by atoms with Crippen LogP contribution in [-0.4, -0.2) is 30.9 Å². The molecule has 0 unspecified atom stereocenters. The Morgan fingerprint density at radius 2 is 1.93 bits per heavy atom. The fraction of sp³-hybridized carbons (Fsp3) is 0.609. The van der Waals surface area contributed by atoms with Crippen molar-refractivity contribution in [3.63, 3.8) is 0 Å². The number of nitrogens with zero attached hydrogens (tertiary/aromatic N) is 1. The molecule has 3 aliphatic carbocycles. The monoisotopic (exact) mass is 399 g/mol. The van der Waals surface area contributed by atoms with Gasteiger partial charge in [0.25, 0.3) is 0 Å².